The van der Waals surface area contributed by atoms with E-state index in [-0.39, 0.29) is 11.6 Å². The van der Waals surface area contributed by atoms with Gasteiger partial charge in [-0.05, 0) is 25.1 Å². The van der Waals surface area contributed by atoms with Crippen molar-refractivity contribution in [1.82, 2.24) is 15.3 Å². The highest BCUT2D eigenvalue weighted by Crippen LogP contribution is 2.38. The lowest BCUT2D eigenvalue weighted by molar-refractivity contribution is -0.260. The quantitative estimate of drug-likeness (QED) is 0.585. The molecule has 1 fully saturated rings. The van der Waals surface area contributed by atoms with Gasteiger partial charge in [0.15, 0.2) is 12.5 Å². The largest absolute Gasteiger partial charge is 0.467 e. The predicted octanol–water partition coefficient (Wildman–Crippen LogP) is 2.42. The van der Waals surface area contributed by atoms with Gasteiger partial charge in [-0.15, -0.1) is 0 Å². The van der Waals surface area contributed by atoms with E-state index in [1.54, 1.807) is 0 Å². The van der Waals surface area contributed by atoms with Crippen LogP contribution in [0.15, 0.2) is 30.6 Å². The van der Waals surface area contributed by atoms with E-state index in [0.29, 0.717) is 11.1 Å². The average molecular weight is 410 g/mol. The number of nitrogens with zero attached hydrogens (tertiary/aromatic N) is 2. The molecule has 1 saturated heterocycles. The minimum Gasteiger partial charge on any atom is -0.467 e. The SMILES string of the molecule is COc1ncc(C#Cc2ccc(F)c([C@]3(C)C[C@@H](C(F)(F)F)OC(N)N3)c2)cn1. The molecule has 0 bridgehead atoms. The maximum Gasteiger partial charge on any atom is 0.414 e. The first-order valence-electron chi connectivity index (χ1n) is 8.54. The fourth-order valence-electron chi connectivity index (χ4n) is 3.04. The van der Waals surface area contributed by atoms with Gasteiger partial charge in [0.05, 0.1) is 12.7 Å². The summed E-state index contributed by atoms with van der Waals surface area (Å²) in [5, 5.41) is 2.70. The Morgan fingerprint density at radius 3 is 2.52 bits per heavy atom. The summed E-state index contributed by atoms with van der Waals surface area (Å²) in [5.41, 5.74) is 5.09. The highest BCUT2D eigenvalue weighted by molar-refractivity contribution is 5.44. The smallest absolute Gasteiger partial charge is 0.414 e. The number of hydrogen-bond acceptors (Lipinski definition) is 6. The van der Waals surface area contributed by atoms with Gasteiger partial charge in [0.1, 0.15) is 5.82 Å². The molecule has 0 saturated carbocycles. The molecular formula is C19H18F4N4O2. The van der Waals surface area contributed by atoms with Gasteiger partial charge < -0.3 is 9.47 Å². The van der Waals surface area contributed by atoms with Crippen LogP contribution < -0.4 is 15.8 Å². The van der Waals surface area contributed by atoms with E-state index in [0.717, 1.165) is 6.07 Å². The van der Waals surface area contributed by atoms with Crippen molar-refractivity contribution in [2.45, 2.75) is 37.5 Å². The van der Waals surface area contributed by atoms with Crippen molar-refractivity contribution in [2.24, 2.45) is 5.73 Å². The van der Waals surface area contributed by atoms with Crippen molar-refractivity contribution in [3.8, 4) is 17.9 Å². The van der Waals surface area contributed by atoms with E-state index in [1.165, 1.54) is 38.6 Å². The van der Waals surface area contributed by atoms with Crippen LogP contribution in [-0.2, 0) is 10.3 Å². The fraction of sp³-hybridized carbons (Fsp3) is 0.368. The van der Waals surface area contributed by atoms with E-state index in [4.69, 9.17) is 15.2 Å². The first-order chi connectivity index (χ1) is 13.6. The van der Waals surface area contributed by atoms with Crippen molar-refractivity contribution in [1.29, 1.82) is 0 Å². The van der Waals surface area contributed by atoms with Gasteiger partial charge in [-0.1, -0.05) is 11.8 Å². The zero-order valence-electron chi connectivity index (χ0n) is 15.5. The molecule has 0 spiro atoms. The second kappa shape index (κ2) is 7.94. The topological polar surface area (TPSA) is 82.3 Å². The minimum absolute atomic E-state index is 0.0169. The molecule has 154 valence electrons. The van der Waals surface area contributed by atoms with Crippen molar-refractivity contribution in [3.05, 3.63) is 53.1 Å². The van der Waals surface area contributed by atoms with Crippen LogP contribution in [-0.4, -0.2) is 35.7 Å². The Hall–Kier alpha value is -2.74. The standard InChI is InChI=1S/C19H18F4N4O2/c1-18(8-15(19(21,22)23)29-16(24)27-18)13-7-11(5-6-14(13)20)3-4-12-9-25-17(28-2)26-10-12/h5-7,9-10,15-16,27H,8,24H2,1-2H3/t15-,16?,18-/m0/s1. The number of aromatic nitrogens is 2. The summed E-state index contributed by atoms with van der Waals surface area (Å²) in [6, 6.07) is 4.17. The highest BCUT2D eigenvalue weighted by atomic mass is 19.4. The molecule has 1 aromatic carbocycles. The van der Waals surface area contributed by atoms with Gasteiger partial charge in [-0.2, -0.15) is 13.2 Å². The minimum atomic E-state index is -4.62. The Bertz CT molecular complexity index is 940. The van der Waals surface area contributed by atoms with Crippen LogP contribution in [0, 0.1) is 17.7 Å². The second-order valence-electron chi connectivity index (χ2n) is 6.67. The van der Waals surface area contributed by atoms with Crippen LogP contribution in [0.3, 0.4) is 0 Å². The van der Waals surface area contributed by atoms with Crippen LogP contribution in [0.2, 0.25) is 0 Å². The van der Waals surface area contributed by atoms with Crippen LogP contribution in [0.5, 0.6) is 6.01 Å². The number of methoxy groups -OCH3 is 1. The Morgan fingerprint density at radius 2 is 1.90 bits per heavy atom. The zero-order valence-corrected chi connectivity index (χ0v) is 15.5. The van der Waals surface area contributed by atoms with Crippen LogP contribution in [0.25, 0.3) is 0 Å². The molecule has 29 heavy (non-hydrogen) atoms. The lowest BCUT2D eigenvalue weighted by atomic mass is 9.84. The second-order valence-corrected chi connectivity index (χ2v) is 6.67. The number of halogens is 4. The Kier molecular flexibility index (Phi) is 5.75. The Balaban J connectivity index is 1.91. The van der Waals surface area contributed by atoms with Gasteiger partial charge in [0, 0.05) is 35.5 Å². The van der Waals surface area contributed by atoms with Gasteiger partial charge >= 0.3 is 12.2 Å². The van der Waals surface area contributed by atoms with Crippen molar-refractivity contribution >= 4 is 0 Å². The average Bonchev–Trinajstić information content (AvgIpc) is 2.66. The molecule has 3 atom stereocenters. The van der Waals surface area contributed by atoms with Gasteiger partial charge in [0.2, 0.25) is 0 Å². The summed E-state index contributed by atoms with van der Waals surface area (Å²) >= 11 is 0. The molecule has 0 radical (unpaired) electrons. The predicted molar refractivity (Wildman–Crippen MR) is 95.0 cm³/mol. The van der Waals surface area contributed by atoms with E-state index in [1.807, 2.05) is 0 Å². The van der Waals surface area contributed by atoms with Crippen LogP contribution in [0.1, 0.15) is 30.0 Å². The summed E-state index contributed by atoms with van der Waals surface area (Å²) in [6.45, 7) is 1.45. The summed E-state index contributed by atoms with van der Waals surface area (Å²) in [7, 11) is 1.43. The van der Waals surface area contributed by atoms with Crippen molar-refractivity contribution in [3.63, 3.8) is 0 Å². The molecule has 1 aliphatic rings. The van der Waals surface area contributed by atoms with Gasteiger partial charge in [0.25, 0.3) is 0 Å². The molecule has 1 unspecified atom stereocenters. The summed E-state index contributed by atoms with van der Waals surface area (Å²) < 4.78 is 63.6. The molecule has 1 aliphatic heterocycles. The molecule has 2 heterocycles. The fourth-order valence-corrected chi connectivity index (χ4v) is 3.04. The zero-order chi connectivity index (χ0) is 21.2. The normalized spacial score (nSPS) is 24.5. The maximum absolute atomic E-state index is 14.5. The highest BCUT2D eigenvalue weighted by Gasteiger charge is 2.50. The number of ether oxygens (including phenoxy) is 2. The number of nitrogens with two attached hydrogens (primary N) is 1. The molecule has 10 heteroatoms. The van der Waals surface area contributed by atoms with Gasteiger partial charge in [-0.25, -0.2) is 14.4 Å². The number of nitrogens with one attached hydrogen (secondary N) is 1. The summed E-state index contributed by atoms with van der Waals surface area (Å²) in [6.07, 6.45) is -5.76. The lowest BCUT2D eigenvalue weighted by Crippen LogP contribution is -2.61. The maximum atomic E-state index is 14.5. The first kappa shape index (κ1) is 21.0. The van der Waals surface area contributed by atoms with E-state index in [9.17, 15) is 17.6 Å². The van der Waals surface area contributed by atoms with E-state index < -0.39 is 36.4 Å². The molecular weight excluding hydrogens is 392 g/mol. The number of hydrogen-bond donors (Lipinski definition) is 2. The third-order valence-electron chi connectivity index (χ3n) is 4.45. The monoisotopic (exact) mass is 410 g/mol. The van der Waals surface area contributed by atoms with Crippen LogP contribution >= 0.6 is 0 Å². The molecule has 0 amide bonds. The van der Waals surface area contributed by atoms with E-state index >= 15 is 0 Å². The lowest BCUT2D eigenvalue weighted by Gasteiger charge is -2.43. The Morgan fingerprint density at radius 1 is 1.24 bits per heavy atom. The van der Waals surface area contributed by atoms with Crippen molar-refractivity contribution in [2.75, 3.05) is 7.11 Å². The van der Waals surface area contributed by atoms with Crippen LogP contribution in [0.4, 0.5) is 17.6 Å². The first-order valence-corrected chi connectivity index (χ1v) is 8.54. The van der Waals surface area contributed by atoms with Gasteiger partial charge in [-0.3, -0.25) is 11.1 Å². The molecule has 2 aromatic rings. The number of alkyl halides is 3. The molecule has 6 nitrogen and oxygen atoms in total. The molecule has 3 rings (SSSR count). The molecule has 3 N–H and O–H groups in total. The molecule has 1 aromatic heterocycles. The van der Waals surface area contributed by atoms with Crippen molar-refractivity contribution < 1.29 is 27.0 Å². The summed E-state index contributed by atoms with van der Waals surface area (Å²) in [5.74, 6) is 4.97. The third-order valence-corrected chi connectivity index (χ3v) is 4.45. The Labute approximate surface area is 164 Å². The number of rotatable bonds is 2. The summed E-state index contributed by atoms with van der Waals surface area (Å²) in [4.78, 5) is 7.85. The van der Waals surface area contributed by atoms with E-state index in [2.05, 4.69) is 27.1 Å². The number of benzene rings is 1. The third kappa shape index (κ3) is 4.82. The molecule has 0 aliphatic carbocycles.